The monoisotopic (exact) mass is 282 g/mol. The van der Waals surface area contributed by atoms with Gasteiger partial charge in [-0.25, -0.2) is 4.79 Å². The van der Waals surface area contributed by atoms with Gasteiger partial charge in [-0.2, -0.15) is 5.26 Å². The Labute approximate surface area is 120 Å². The first-order valence-corrected chi connectivity index (χ1v) is 6.02. The summed E-state index contributed by atoms with van der Waals surface area (Å²) in [4.78, 5) is 21.9. The van der Waals surface area contributed by atoms with E-state index in [4.69, 9.17) is 10.00 Å². The van der Waals surface area contributed by atoms with Crippen LogP contribution in [0.4, 0.5) is 5.69 Å². The van der Waals surface area contributed by atoms with Crippen LogP contribution in [0.25, 0.3) is 0 Å². The van der Waals surface area contributed by atoms with E-state index in [1.807, 2.05) is 6.07 Å². The molecule has 6 heteroatoms. The molecule has 0 saturated heterocycles. The van der Waals surface area contributed by atoms with Crippen LogP contribution < -0.4 is 0 Å². The van der Waals surface area contributed by atoms with Crippen molar-refractivity contribution >= 4 is 11.7 Å². The van der Waals surface area contributed by atoms with Gasteiger partial charge in [-0.1, -0.05) is 18.2 Å². The molecule has 2 aromatic rings. The van der Waals surface area contributed by atoms with Gasteiger partial charge in [0.2, 0.25) is 6.10 Å². The summed E-state index contributed by atoms with van der Waals surface area (Å²) in [5, 5.41) is 19.7. The average Bonchev–Trinajstić information content (AvgIpc) is 2.53. The van der Waals surface area contributed by atoms with Crippen molar-refractivity contribution in [2.24, 2.45) is 0 Å². The Balaban J connectivity index is 2.15. The number of benzene rings is 2. The largest absolute Gasteiger partial charge is 0.438 e. The number of nitro benzene ring substituents is 1. The molecule has 2 rings (SSSR count). The van der Waals surface area contributed by atoms with Crippen molar-refractivity contribution in [1.82, 2.24) is 0 Å². The molecule has 21 heavy (non-hydrogen) atoms. The maximum atomic E-state index is 11.9. The van der Waals surface area contributed by atoms with Gasteiger partial charge in [-0.05, 0) is 24.3 Å². The lowest BCUT2D eigenvalue weighted by Gasteiger charge is -2.11. The summed E-state index contributed by atoms with van der Waals surface area (Å²) < 4.78 is 5.10. The molecule has 6 nitrogen and oxygen atoms in total. The third-order valence-electron chi connectivity index (χ3n) is 2.76. The van der Waals surface area contributed by atoms with E-state index in [1.165, 1.54) is 24.3 Å². The minimum absolute atomic E-state index is 0.0928. The van der Waals surface area contributed by atoms with Crippen LogP contribution in [-0.2, 0) is 4.74 Å². The molecule has 0 aliphatic rings. The molecular formula is C15H10N2O4. The van der Waals surface area contributed by atoms with E-state index in [2.05, 4.69) is 0 Å². The second-order valence-corrected chi connectivity index (χ2v) is 4.13. The summed E-state index contributed by atoms with van der Waals surface area (Å²) in [5.74, 6) is -0.625. The Hall–Kier alpha value is -3.20. The number of carbonyl (C=O) groups excluding carboxylic acids is 1. The molecule has 2 aromatic carbocycles. The molecule has 1 atom stereocenters. The Morgan fingerprint density at radius 1 is 1.14 bits per heavy atom. The topological polar surface area (TPSA) is 93.2 Å². The Morgan fingerprint density at radius 2 is 1.76 bits per heavy atom. The van der Waals surface area contributed by atoms with Crippen LogP contribution in [0.2, 0.25) is 0 Å². The molecule has 0 radical (unpaired) electrons. The second-order valence-electron chi connectivity index (χ2n) is 4.13. The van der Waals surface area contributed by atoms with E-state index in [0.29, 0.717) is 11.1 Å². The SMILES string of the molecule is N#CC(OC(=O)c1ccccc1)c1ccc([N+](=O)[O-])cc1. The fourth-order valence-electron chi connectivity index (χ4n) is 1.69. The number of carbonyl (C=O) groups is 1. The molecule has 0 aromatic heterocycles. The van der Waals surface area contributed by atoms with E-state index >= 15 is 0 Å². The molecule has 0 amide bonds. The van der Waals surface area contributed by atoms with Crippen LogP contribution in [0.3, 0.4) is 0 Å². The molecule has 0 aliphatic heterocycles. The van der Waals surface area contributed by atoms with Crippen LogP contribution in [-0.4, -0.2) is 10.9 Å². The fraction of sp³-hybridized carbons (Fsp3) is 0.0667. The summed E-state index contributed by atoms with van der Waals surface area (Å²) >= 11 is 0. The molecular weight excluding hydrogens is 272 g/mol. The van der Waals surface area contributed by atoms with E-state index in [9.17, 15) is 14.9 Å². The first kappa shape index (κ1) is 14.2. The predicted octanol–water partition coefficient (Wildman–Crippen LogP) is 3.02. The number of esters is 1. The molecule has 0 bridgehead atoms. The first-order chi connectivity index (χ1) is 10.1. The number of nitriles is 1. The van der Waals surface area contributed by atoms with Gasteiger partial charge in [0.15, 0.2) is 0 Å². The van der Waals surface area contributed by atoms with Gasteiger partial charge in [0.25, 0.3) is 5.69 Å². The molecule has 1 unspecified atom stereocenters. The van der Waals surface area contributed by atoms with Crippen molar-refractivity contribution in [1.29, 1.82) is 5.26 Å². The van der Waals surface area contributed by atoms with E-state index in [-0.39, 0.29) is 5.69 Å². The Bertz CT molecular complexity index is 690. The highest BCUT2D eigenvalue weighted by Crippen LogP contribution is 2.21. The van der Waals surface area contributed by atoms with Gasteiger partial charge in [0, 0.05) is 17.7 Å². The van der Waals surface area contributed by atoms with Gasteiger partial charge in [-0.3, -0.25) is 10.1 Å². The molecule has 0 N–H and O–H groups in total. The zero-order valence-electron chi connectivity index (χ0n) is 10.8. The number of rotatable bonds is 4. The maximum absolute atomic E-state index is 11.9. The molecule has 0 heterocycles. The van der Waals surface area contributed by atoms with Gasteiger partial charge in [0.1, 0.15) is 6.07 Å². The lowest BCUT2D eigenvalue weighted by molar-refractivity contribution is -0.384. The fourth-order valence-corrected chi connectivity index (χ4v) is 1.69. The van der Waals surface area contributed by atoms with Gasteiger partial charge >= 0.3 is 5.97 Å². The number of nitro groups is 1. The van der Waals surface area contributed by atoms with Crippen molar-refractivity contribution in [3.8, 4) is 6.07 Å². The number of nitrogens with zero attached hydrogens (tertiary/aromatic N) is 2. The van der Waals surface area contributed by atoms with Gasteiger partial charge < -0.3 is 4.74 Å². The van der Waals surface area contributed by atoms with Gasteiger partial charge in [-0.15, -0.1) is 0 Å². The summed E-state index contributed by atoms with van der Waals surface area (Å²) in [5.41, 5.74) is 0.622. The van der Waals surface area contributed by atoms with E-state index < -0.39 is 17.0 Å². The zero-order valence-corrected chi connectivity index (χ0v) is 10.8. The van der Waals surface area contributed by atoms with Gasteiger partial charge in [0.05, 0.1) is 10.5 Å². The van der Waals surface area contributed by atoms with Crippen LogP contribution in [0, 0.1) is 21.4 Å². The van der Waals surface area contributed by atoms with Crippen LogP contribution >= 0.6 is 0 Å². The molecule has 0 spiro atoms. The maximum Gasteiger partial charge on any atom is 0.339 e. The summed E-state index contributed by atoms with van der Waals surface area (Å²) in [7, 11) is 0. The molecule has 104 valence electrons. The van der Waals surface area contributed by atoms with Crippen molar-refractivity contribution in [2.45, 2.75) is 6.10 Å². The first-order valence-electron chi connectivity index (χ1n) is 6.02. The minimum atomic E-state index is -1.11. The molecule has 0 fully saturated rings. The highest BCUT2D eigenvalue weighted by Gasteiger charge is 2.18. The summed E-state index contributed by atoms with van der Waals surface area (Å²) in [6.07, 6.45) is -1.11. The molecule has 0 saturated carbocycles. The number of non-ortho nitro benzene ring substituents is 1. The molecule has 0 aliphatic carbocycles. The highest BCUT2D eigenvalue weighted by molar-refractivity contribution is 5.89. The smallest absolute Gasteiger partial charge is 0.339 e. The Kier molecular flexibility index (Phi) is 4.26. The normalized spacial score (nSPS) is 11.2. The quantitative estimate of drug-likeness (QED) is 0.488. The van der Waals surface area contributed by atoms with Crippen LogP contribution in [0.15, 0.2) is 54.6 Å². The van der Waals surface area contributed by atoms with E-state index in [1.54, 1.807) is 30.3 Å². The number of hydrogen-bond donors (Lipinski definition) is 0. The lowest BCUT2D eigenvalue weighted by Crippen LogP contribution is -2.10. The summed E-state index contributed by atoms with van der Waals surface area (Å²) in [6, 6.07) is 15.4. The minimum Gasteiger partial charge on any atom is -0.438 e. The predicted molar refractivity (Wildman–Crippen MR) is 73.3 cm³/mol. The zero-order chi connectivity index (χ0) is 15.2. The van der Waals surface area contributed by atoms with Crippen LogP contribution in [0.5, 0.6) is 0 Å². The average molecular weight is 282 g/mol. The van der Waals surface area contributed by atoms with Crippen molar-refractivity contribution in [3.63, 3.8) is 0 Å². The lowest BCUT2D eigenvalue weighted by atomic mass is 10.1. The summed E-state index contributed by atoms with van der Waals surface area (Å²) in [6.45, 7) is 0. The van der Waals surface area contributed by atoms with Crippen molar-refractivity contribution < 1.29 is 14.5 Å². The highest BCUT2D eigenvalue weighted by atomic mass is 16.6. The number of ether oxygens (including phenoxy) is 1. The Morgan fingerprint density at radius 3 is 2.29 bits per heavy atom. The number of hydrogen-bond acceptors (Lipinski definition) is 5. The van der Waals surface area contributed by atoms with E-state index in [0.717, 1.165) is 0 Å². The standard InChI is InChI=1S/C15H10N2O4/c16-10-14(11-6-8-13(9-7-11)17(19)20)21-15(18)12-4-2-1-3-5-12/h1-9,14H. The second kappa shape index (κ2) is 6.30. The third-order valence-corrected chi connectivity index (χ3v) is 2.76. The van der Waals surface area contributed by atoms with Crippen molar-refractivity contribution in [2.75, 3.05) is 0 Å². The third kappa shape index (κ3) is 3.42. The van der Waals surface area contributed by atoms with Crippen molar-refractivity contribution in [3.05, 3.63) is 75.8 Å². The van der Waals surface area contributed by atoms with Crippen LogP contribution in [0.1, 0.15) is 22.0 Å².